The highest BCUT2D eigenvalue weighted by atomic mass is 19.1. The van der Waals surface area contributed by atoms with Gasteiger partial charge in [0.05, 0.1) is 0 Å². The molecule has 0 bridgehead atoms. The van der Waals surface area contributed by atoms with Gasteiger partial charge in [-0.2, -0.15) is 0 Å². The molecule has 0 unspecified atom stereocenters. The van der Waals surface area contributed by atoms with Crippen molar-refractivity contribution in [3.63, 3.8) is 0 Å². The average molecular weight is 340 g/mol. The number of anilines is 1. The van der Waals surface area contributed by atoms with Crippen LogP contribution in [0.4, 0.5) is 10.1 Å². The van der Waals surface area contributed by atoms with Crippen LogP contribution in [0.2, 0.25) is 0 Å². The molecular formula is C20H21FN2O2. The first-order chi connectivity index (χ1) is 12.1. The molecule has 2 aromatic rings. The maximum Gasteiger partial charge on any atom is 0.255 e. The molecule has 3 rings (SSSR count). The average Bonchev–Trinajstić information content (AvgIpc) is 2.90. The Kier molecular flexibility index (Phi) is 5.43. The minimum Gasteiger partial charge on any atom is -0.339 e. The molecule has 1 aliphatic heterocycles. The third-order valence-electron chi connectivity index (χ3n) is 4.37. The van der Waals surface area contributed by atoms with Gasteiger partial charge in [-0.3, -0.25) is 9.59 Å². The number of rotatable bonds is 3. The zero-order valence-corrected chi connectivity index (χ0v) is 14.0. The minimum absolute atomic E-state index is 0.0130. The highest BCUT2D eigenvalue weighted by Gasteiger charge is 2.17. The molecule has 4 nitrogen and oxygen atoms in total. The molecule has 0 radical (unpaired) electrons. The van der Waals surface area contributed by atoms with Crippen molar-refractivity contribution in [1.29, 1.82) is 0 Å². The van der Waals surface area contributed by atoms with Gasteiger partial charge < -0.3 is 10.2 Å². The topological polar surface area (TPSA) is 49.4 Å². The first-order valence-corrected chi connectivity index (χ1v) is 8.60. The molecule has 1 N–H and O–H groups in total. The highest BCUT2D eigenvalue weighted by Crippen LogP contribution is 2.15. The number of carbonyl (C=O) groups excluding carboxylic acids is 2. The number of nitrogens with zero attached hydrogens (tertiary/aromatic N) is 1. The van der Waals surface area contributed by atoms with Crippen molar-refractivity contribution >= 4 is 17.5 Å². The number of carbonyl (C=O) groups is 2. The fourth-order valence-corrected chi connectivity index (χ4v) is 2.99. The summed E-state index contributed by atoms with van der Waals surface area (Å²) in [5.41, 5.74) is 1.41. The van der Waals surface area contributed by atoms with Crippen LogP contribution in [0.1, 0.15) is 46.4 Å². The van der Waals surface area contributed by atoms with Crippen LogP contribution in [-0.2, 0) is 0 Å². The van der Waals surface area contributed by atoms with Crippen molar-refractivity contribution in [2.45, 2.75) is 25.7 Å². The third-order valence-corrected chi connectivity index (χ3v) is 4.37. The Morgan fingerprint density at radius 2 is 1.52 bits per heavy atom. The summed E-state index contributed by atoms with van der Waals surface area (Å²) in [5, 5.41) is 2.65. The van der Waals surface area contributed by atoms with E-state index in [2.05, 4.69) is 5.32 Å². The maximum absolute atomic E-state index is 13.2. The molecule has 2 amide bonds. The molecule has 0 aliphatic carbocycles. The van der Waals surface area contributed by atoms with Gasteiger partial charge in [-0.25, -0.2) is 4.39 Å². The molecule has 0 spiro atoms. The van der Waals surface area contributed by atoms with Crippen LogP contribution in [0.25, 0.3) is 0 Å². The zero-order chi connectivity index (χ0) is 17.6. The fourth-order valence-electron chi connectivity index (χ4n) is 2.99. The minimum atomic E-state index is -0.406. The number of nitrogens with one attached hydrogen (secondary N) is 1. The lowest BCUT2D eigenvalue weighted by molar-refractivity contribution is 0.0761. The van der Waals surface area contributed by atoms with Crippen LogP contribution in [0, 0.1) is 5.82 Å². The second-order valence-electron chi connectivity index (χ2n) is 6.25. The molecule has 0 saturated carbocycles. The number of hydrogen-bond donors (Lipinski definition) is 1. The van der Waals surface area contributed by atoms with E-state index in [-0.39, 0.29) is 11.8 Å². The van der Waals surface area contributed by atoms with Gasteiger partial charge in [-0.15, -0.1) is 0 Å². The van der Waals surface area contributed by atoms with E-state index in [4.69, 9.17) is 0 Å². The van der Waals surface area contributed by atoms with E-state index in [0.29, 0.717) is 16.8 Å². The van der Waals surface area contributed by atoms with Gasteiger partial charge >= 0.3 is 0 Å². The summed E-state index contributed by atoms with van der Waals surface area (Å²) in [4.78, 5) is 26.7. The van der Waals surface area contributed by atoms with Crippen LogP contribution in [-0.4, -0.2) is 29.8 Å². The lowest BCUT2D eigenvalue weighted by atomic mass is 10.1. The second kappa shape index (κ2) is 7.92. The molecular weight excluding hydrogens is 319 g/mol. The van der Waals surface area contributed by atoms with E-state index in [9.17, 15) is 14.0 Å². The SMILES string of the molecule is O=C(Nc1cccc(F)c1)c1ccc(C(=O)N2CCCCCC2)cc1. The second-order valence-corrected chi connectivity index (χ2v) is 6.25. The number of benzene rings is 2. The van der Waals surface area contributed by atoms with Crippen molar-refractivity contribution in [3.8, 4) is 0 Å². The molecule has 0 aromatic heterocycles. The maximum atomic E-state index is 13.2. The summed E-state index contributed by atoms with van der Waals surface area (Å²) < 4.78 is 13.2. The zero-order valence-electron chi connectivity index (χ0n) is 14.0. The first kappa shape index (κ1) is 17.1. The van der Waals surface area contributed by atoms with E-state index in [1.807, 2.05) is 4.90 Å². The van der Waals surface area contributed by atoms with Crippen molar-refractivity contribution in [2.75, 3.05) is 18.4 Å². The molecule has 1 aliphatic rings. The van der Waals surface area contributed by atoms with Gasteiger partial charge in [0.15, 0.2) is 0 Å². The third kappa shape index (κ3) is 4.44. The number of likely N-dealkylation sites (tertiary alicyclic amines) is 1. The number of hydrogen-bond acceptors (Lipinski definition) is 2. The van der Waals surface area contributed by atoms with Gasteiger partial charge in [0.2, 0.25) is 0 Å². The summed E-state index contributed by atoms with van der Waals surface area (Å²) in [6, 6.07) is 12.3. The Morgan fingerprint density at radius 3 is 2.16 bits per heavy atom. The molecule has 1 heterocycles. The van der Waals surface area contributed by atoms with E-state index in [1.54, 1.807) is 30.3 Å². The molecule has 1 fully saturated rings. The number of amides is 2. The molecule has 0 atom stereocenters. The van der Waals surface area contributed by atoms with Gasteiger partial charge in [0.25, 0.3) is 11.8 Å². The van der Waals surface area contributed by atoms with Crippen LogP contribution >= 0.6 is 0 Å². The lowest BCUT2D eigenvalue weighted by Gasteiger charge is -2.20. The molecule has 2 aromatic carbocycles. The van der Waals surface area contributed by atoms with Crippen LogP contribution < -0.4 is 5.32 Å². The Bertz CT molecular complexity index is 751. The molecule has 25 heavy (non-hydrogen) atoms. The van der Waals surface area contributed by atoms with E-state index in [0.717, 1.165) is 25.9 Å². The van der Waals surface area contributed by atoms with Crippen LogP contribution in [0.3, 0.4) is 0 Å². The van der Waals surface area contributed by atoms with Crippen molar-refractivity contribution in [3.05, 3.63) is 65.5 Å². The summed E-state index contributed by atoms with van der Waals surface area (Å²) in [5.74, 6) is -0.727. The van der Waals surface area contributed by atoms with E-state index < -0.39 is 5.82 Å². The summed E-state index contributed by atoms with van der Waals surface area (Å²) in [6.07, 6.45) is 4.42. The Morgan fingerprint density at radius 1 is 0.880 bits per heavy atom. The lowest BCUT2D eigenvalue weighted by Crippen LogP contribution is -2.31. The quantitative estimate of drug-likeness (QED) is 0.915. The fraction of sp³-hybridized carbons (Fsp3) is 0.300. The van der Waals surface area contributed by atoms with Gasteiger partial charge in [0.1, 0.15) is 5.82 Å². The Labute approximate surface area is 146 Å². The van der Waals surface area contributed by atoms with Crippen molar-refractivity contribution in [1.82, 2.24) is 4.90 Å². The smallest absolute Gasteiger partial charge is 0.255 e. The normalized spacial score (nSPS) is 14.7. The molecule has 130 valence electrons. The Hall–Kier alpha value is -2.69. The largest absolute Gasteiger partial charge is 0.339 e. The monoisotopic (exact) mass is 340 g/mol. The van der Waals surface area contributed by atoms with Gasteiger partial charge in [-0.1, -0.05) is 18.9 Å². The van der Waals surface area contributed by atoms with Gasteiger partial charge in [-0.05, 0) is 55.3 Å². The number of halogens is 1. The predicted molar refractivity (Wildman–Crippen MR) is 95.2 cm³/mol. The first-order valence-electron chi connectivity index (χ1n) is 8.60. The van der Waals surface area contributed by atoms with Gasteiger partial charge in [0, 0.05) is 29.9 Å². The Balaban J connectivity index is 1.66. The van der Waals surface area contributed by atoms with Crippen molar-refractivity contribution in [2.24, 2.45) is 0 Å². The predicted octanol–water partition coefficient (Wildman–Crippen LogP) is 4.09. The summed E-state index contributed by atoms with van der Waals surface area (Å²) in [7, 11) is 0. The van der Waals surface area contributed by atoms with Crippen LogP contribution in [0.15, 0.2) is 48.5 Å². The summed E-state index contributed by atoms with van der Waals surface area (Å²) in [6.45, 7) is 1.58. The van der Waals surface area contributed by atoms with Crippen LogP contribution in [0.5, 0.6) is 0 Å². The standard InChI is InChI=1S/C20H21FN2O2/c21-17-6-5-7-18(14-17)22-19(24)15-8-10-16(11-9-15)20(25)23-12-3-1-2-4-13-23/h5-11,14H,1-4,12-13H2,(H,22,24). The van der Waals surface area contributed by atoms with Crippen molar-refractivity contribution < 1.29 is 14.0 Å². The van der Waals surface area contributed by atoms with E-state index >= 15 is 0 Å². The van der Waals surface area contributed by atoms with E-state index in [1.165, 1.54) is 31.0 Å². The summed E-state index contributed by atoms with van der Waals surface area (Å²) >= 11 is 0. The molecule has 5 heteroatoms. The highest BCUT2D eigenvalue weighted by molar-refractivity contribution is 6.05. The molecule has 1 saturated heterocycles.